The smallest absolute Gasteiger partial charge is 0.237 e. The first kappa shape index (κ1) is 7.02. The molecule has 1 amide bonds. The number of carbonyl (C=O) groups is 1. The minimum atomic E-state index is 0.0149. The van der Waals surface area contributed by atoms with Crippen LogP contribution in [0, 0.1) is 0 Å². The third-order valence-electron chi connectivity index (χ3n) is 1.45. The lowest BCUT2D eigenvalue weighted by atomic mass is 10.4. The maximum Gasteiger partial charge on any atom is 0.237 e. The van der Waals surface area contributed by atoms with E-state index in [9.17, 15) is 4.79 Å². The molecule has 1 heterocycles. The third kappa shape index (κ3) is 1.24. The maximum absolute atomic E-state index is 10.9. The Kier molecular flexibility index (Phi) is 2.08. The topological polar surface area (TPSA) is 46.3 Å². The van der Waals surface area contributed by atoms with E-state index in [2.05, 4.69) is 15.9 Å². The molecule has 3 nitrogen and oxygen atoms in total. The summed E-state index contributed by atoms with van der Waals surface area (Å²) in [6.07, 6.45) is 0.885. The number of hydrogen-bond donors (Lipinski definition) is 1. The van der Waals surface area contributed by atoms with Crippen molar-refractivity contribution in [2.45, 2.75) is 11.2 Å². The van der Waals surface area contributed by atoms with Gasteiger partial charge in [0.15, 0.2) is 0 Å². The van der Waals surface area contributed by atoms with Crippen LogP contribution in [0.2, 0.25) is 0 Å². The van der Waals surface area contributed by atoms with E-state index in [-0.39, 0.29) is 10.7 Å². The zero-order valence-corrected chi connectivity index (χ0v) is 6.60. The first-order valence-corrected chi connectivity index (χ1v) is 3.80. The van der Waals surface area contributed by atoms with Crippen molar-refractivity contribution < 1.29 is 4.79 Å². The molecule has 0 aliphatic carbocycles. The van der Waals surface area contributed by atoms with Crippen LogP contribution in [0.3, 0.4) is 0 Å². The van der Waals surface area contributed by atoms with E-state index in [0.29, 0.717) is 6.67 Å². The molecule has 0 aromatic rings. The van der Waals surface area contributed by atoms with Crippen LogP contribution in [-0.2, 0) is 4.79 Å². The number of rotatable bonds is 1. The van der Waals surface area contributed by atoms with E-state index in [4.69, 9.17) is 5.73 Å². The summed E-state index contributed by atoms with van der Waals surface area (Å²) in [5, 5.41) is 0. The van der Waals surface area contributed by atoms with Crippen molar-refractivity contribution in [3.63, 3.8) is 0 Å². The van der Waals surface area contributed by atoms with Crippen molar-refractivity contribution in [2.24, 2.45) is 5.73 Å². The number of carbonyl (C=O) groups excluding carboxylic acids is 1. The number of nitrogens with two attached hydrogens (primary N) is 1. The molecule has 52 valence electrons. The van der Waals surface area contributed by atoms with Gasteiger partial charge in [-0.15, -0.1) is 0 Å². The molecule has 1 rings (SSSR count). The average Bonchev–Trinajstić information content (AvgIpc) is 2.15. The van der Waals surface area contributed by atoms with Crippen molar-refractivity contribution in [1.82, 2.24) is 4.90 Å². The predicted molar refractivity (Wildman–Crippen MR) is 38.1 cm³/mol. The summed E-state index contributed by atoms with van der Waals surface area (Å²) in [4.78, 5) is 12.6. The van der Waals surface area contributed by atoms with Gasteiger partial charge in [-0.1, -0.05) is 15.9 Å². The summed E-state index contributed by atoms with van der Waals surface area (Å²) in [6, 6.07) is 0. The largest absolute Gasteiger partial charge is 0.329 e. The Hall–Kier alpha value is -0.0900. The number of hydrogen-bond acceptors (Lipinski definition) is 2. The van der Waals surface area contributed by atoms with Gasteiger partial charge in [0.25, 0.3) is 0 Å². The Labute approximate surface area is 62.3 Å². The highest BCUT2D eigenvalue weighted by Crippen LogP contribution is 2.16. The van der Waals surface area contributed by atoms with Crippen LogP contribution in [0.15, 0.2) is 0 Å². The van der Waals surface area contributed by atoms with Gasteiger partial charge in [-0.3, -0.25) is 4.79 Å². The van der Waals surface area contributed by atoms with Gasteiger partial charge in [-0.2, -0.15) is 0 Å². The molecule has 0 aromatic heterocycles. The zero-order chi connectivity index (χ0) is 6.85. The summed E-state index contributed by atoms with van der Waals surface area (Å²) in [5.41, 5.74) is 5.27. The van der Waals surface area contributed by atoms with E-state index >= 15 is 0 Å². The Morgan fingerprint density at radius 3 is 2.78 bits per heavy atom. The van der Waals surface area contributed by atoms with E-state index in [1.807, 2.05) is 0 Å². The van der Waals surface area contributed by atoms with Crippen LogP contribution in [0.25, 0.3) is 0 Å². The summed E-state index contributed by atoms with van der Waals surface area (Å²) in [6.45, 7) is 1.15. The minimum absolute atomic E-state index is 0.0149. The molecule has 1 aliphatic heterocycles. The van der Waals surface area contributed by atoms with Crippen molar-refractivity contribution in [1.29, 1.82) is 0 Å². The SMILES string of the molecule is NCN1CCC(Br)C1=O. The second-order valence-corrected chi connectivity index (χ2v) is 3.15. The molecule has 2 N–H and O–H groups in total. The quantitative estimate of drug-likeness (QED) is 0.591. The summed E-state index contributed by atoms with van der Waals surface area (Å²) >= 11 is 3.24. The van der Waals surface area contributed by atoms with Gasteiger partial charge >= 0.3 is 0 Å². The van der Waals surface area contributed by atoms with Gasteiger partial charge < -0.3 is 10.6 Å². The normalized spacial score (nSPS) is 27.6. The van der Waals surface area contributed by atoms with Crippen LogP contribution in [0.1, 0.15) is 6.42 Å². The van der Waals surface area contributed by atoms with Gasteiger partial charge in [0.05, 0.1) is 11.5 Å². The Bertz CT molecular complexity index is 128. The van der Waals surface area contributed by atoms with Crippen molar-refractivity contribution in [3.05, 3.63) is 0 Å². The lowest BCUT2D eigenvalue weighted by molar-refractivity contribution is -0.127. The van der Waals surface area contributed by atoms with E-state index in [1.165, 1.54) is 0 Å². The van der Waals surface area contributed by atoms with Crippen molar-refractivity contribution in [3.8, 4) is 0 Å². The van der Waals surface area contributed by atoms with Gasteiger partial charge in [0, 0.05) is 6.54 Å². The Morgan fingerprint density at radius 2 is 2.56 bits per heavy atom. The van der Waals surface area contributed by atoms with Gasteiger partial charge in [0.1, 0.15) is 0 Å². The molecular formula is C5H9BrN2O. The second kappa shape index (κ2) is 2.66. The van der Waals surface area contributed by atoms with Gasteiger partial charge in [-0.25, -0.2) is 0 Å². The van der Waals surface area contributed by atoms with Crippen molar-refractivity contribution in [2.75, 3.05) is 13.2 Å². The Balaban J connectivity index is 2.51. The molecule has 0 spiro atoms. The van der Waals surface area contributed by atoms with E-state index in [1.54, 1.807) is 4.90 Å². The van der Waals surface area contributed by atoms with E-state index in [0.717, 1.165) is 13.0 Å². The molecule has 1 unspecified atom stereocenters. The molecule has 0 bridgehead atoms. The van der Waals surface area contributed by atoms with Crippen LogP contribution >= 0.6 is 15.9 Å². The van der Waals surface area contributed by atoms with Crippen LogP contribution in [0.4, 0.5) is 0 Å². The lowest BCUT2D eigenvalue weighted by Gasteiger charge is -2.10. The van der Waals surface area contributed by atoms with Crippen LogP contribution in [-0.4, -0.2) is 28.8 Å². The average molecular weight is 193 g/mol. The number of halogens is 1. The number of amides is 1. The molecule has 9 heavy (non-hydrogen) atoms. The fourth-order valence-corrected chi connectivity index (χ4v) is 1.38. The third-order valence-corrected chi connectivity index (χ3v) is 2.30. The molecule has 0 radical (unpaired) electrons. The zero-order valence-electron chi connectivity index (χ0n) is 5.01. The number of alkyl halides is 1. The molecule has 1 aliphatic rings. The molecule has 1 atom stereocenters. The van der Waals surface area contributed by atoms with Gasteiger partial charge in [-0.05, 0) is 6.42 Å². The highest BCUT2D eigenvalue weighted by molar-refractivity contribution is 9.10. The summed E-state index contributed by atoms with van der Waals surface area (Å²) < 4.78 is 0. The Morgan fingerprint density at radius 1 is 1.89 bits per heavy atom. The standard InChI is InChI=1S/C5H9BrN2O/c6-4-1-2-8(3-7)5(4)9/h4H,1-3,7H2. The monoisotopic (exact) mass is 192 g/mol. The molecule has 0 saturated carbocycles. The van der Waals surface area contributed by atoms with Gasteiger partial charge in [0.2, 0.25) is 5.91 Å². The number of nitrogens with zero attached hydrogens (tertiary/aromatic N) is 1. The first-order valence-electron chi connectivity index (χ1n) is 2.88. The van der Waals surface area contributed by atoms with Crippen LogP contribution in [0.5, 0.6) is 0 Å². The lowest BCUT2D eigenvalue weighted by Crippen LogP contribution is -2.32. The molecule has 4 heteroatoms. The highest BCUT2D eigenvalue weighted by atomic mass is 79.9. The fraction of sp³-hybridized carbons (Fsp3) is 0.800. The summed E-state index contributed by atoms with van der Waals surface area (Å²) in [5.74, 6) is 0.123. The highest BCUT2D eigenvalue weighted by Gasteiger charge is 2.27. The molecule has 0 aromatic carbocycles. The van der Waals surface area contributed by atoms with Crippen LogP contribution < -0.4 is 5.73 Å². The van der Waals surface area contributed by atoms with E-state index < -0.39 is 0 Å². The number of likely N-dealkylation sites (tertiary alicyclic amines) is 1. The second-order valence-electron chi connectivity index (χ2n) is 2.04. The minimum Gasteiger partial charge on any atom is -0.329 e. The molecule has 1 fully saturated rings. The maximum atomic E-state index is 10.9. The summed E-state index contributed by atoms with van der Waals surface area (Å²) in [7, 11) is 0. The molecular weight excluding hydrogens is 184 g/mol. The van der Waals surface area contributed by atoms with Crippen molar-refractivity contribution >= 4 is 21.8 Å². The molecule has 1 saturated heterocycles. The first-order chi connectivity index (χ1) is 4.25. The fourth-order valence-electron chi connectivity index (χ4n) is 0.882. The predicted octanol–water partition coefficient (Wildman–Crippen LogP) is -0.102.